The number of hydrogen-bond acceptors (Lipinski definition) is 6. The van der Waals surface area contributed by atoms with Crippen LogP contribution >= 0.6 is 11.6 Å². The molecule has 8 heteroatoms. The summed E-state index contributed by atoms with van der Waals surface area (Å²) >= 11 is 5.66. The second-order valence-electron chi connectivity index (χ2n) is 7.00. The number of carbonyl (C=O) groups excluding carboxylic acids is 1. The highest BCUT2D eigenvalue weighted by molar-refractivity contribution is 6.29. The van der Waals surface area contributed by atoms with Crippen molar-refractivity contribution in [3.63, 3.8) is 0 Å². The maximum absolute atomic E-state index is 12.2. The van der Waals surface area contributed by atoms with Gasteiger partial charge in [0.15, 0.2) is 5.15 Å². The SMILES string of the molecule is O=C(NCC(O)C(O)c1ccc(Cl)nn1)OCC1c2ccccc2-c2ccccc21. The lowest BCUT2D eigenvalue weighted by Crippen LogP contribution is -2.36. The van der Waals surface area contributed by atoms with Crippen LogP contribution in [0.4, 0.5) is 4.79 Å². The number of hydrogen-bond donors (Lipinski definition) is 3. The van der Waals surface area contributed by atoms with E-state index in [1.165, 1.54) is 12.1 Å². The van der Waals surface area contributed by atoms with E-state index in [-0.39, 0.29) is 29.9 Å². The zero-order chi connectivity index (χ0) is 21.1. The third kappa shape index (κ3) is 4.14. The molecule has 0 bridgehead atoms. The molecule has 3 aromatic rings. The summed E-state index contributed by atoms with van der Waals surface area (Å²) in [6.07, 6.45) is -3.27. The number of aliphatic hydroxyl groups excluding tert-OH is 2. The Hall–Kier alpha value is -3.00. The van der Waals surface area contributed by atoms with Crippen molar-refractivity contribution in [3.8, 4) is 11.1 Å². The first-order valence-electron chi connectivity index (χ1n) is 9.48. The fraction of sp³-hybridized carbons (Fsp3) is 0.227. The standard InChI is InChI=1S/C22H20ClN3O4/c23-20-10-9-18(25-26-20)21(28)19(27)11-24-22(29)30-12-17-15-7-3-1-5-13(15)14-6-2-4-8-16(14)17/h1-10,17,19,21,27-28H,11-12H2,(H,24,29). The van der Waals surface area contributed by atoms with Crippen molar-refractivity contribution in [2.24, 2.45) is 0 Å². The van der Waals surface area contributed by atoms with Gasteiger partial charge in [-0.25, -0.2) is 4.79 Å². The molecule has 0 aliphatic heterocycles. The molecule has 7 nitrogen and oxygen atoms in total. The molecule has 1 heterocycles. The van der Waals surface area contributed by atoms with Gasteiger partial charge in [0.25, 0.3) is 0 Å². The first-order chi connectivity index (χ1) is 14.5. The highest BCUT2D eigenvalue weighted by Gasteiger charge is 2.29. The summed E-state index contributed by atoms with van der Waals surface area (Å²) < 4.78 is 5.40. The van der Waals surface area contributed by atoms with Gasteiger partial charge in [0, 0.05) is 12.5 Å². The van der Waals surface area contributed by atoms with Gasteiger partial charge >= 0.3 is 6.09 Å². The lowest BCUT2D eigenvalue weighted by Gasteiger charge is -2.18. The van der Waals surface area contributed by atoms with E-state index < -0.39 is 18.3 Å². The van der Waals surface area contributed by atoms with Crippen LogP contribution < -0.4 is 5.32 Å². The lowest BCUT2D eigenvalue weighted by molar-refractivity contribution is 0.0155. The van der Waals surface area contributed by atoms with Crippen molar-refractivity contribution >= 4 is 17.7 Å². The van der Waals surface area contributed by atoms with Gasteiger partial charge in [-0.2, -0.15) is 5.10 Å². The summed E-state index contributed by atoms with van der Waals surface area (Å²) in [5.41, 5.74) is 4.67. The number of ether oxygens (including phenoxy) is 1. The minimum Gasteiger partial charge on any atom is -0.449 e. The maximum atomic E-state index is 12.2. The van der Waals surface area contributed by atoms with Crippen LogP contribution in [0, 0.1) is 0 Å². The zero-order valence-electron chi connectivity index (χ0n) is 15.9. The van der Waals surface area contributed by atoms with Crippen molar-refractivity contribution in [1.82, 2.24) is 15.5 Å². The van der Waals surface area contributed by atoms with E-state index >= 15 is 0 Å². The molecule has 2 aromatic carbocycles. The Balaban J connectivity index is 1.33. The number of aliphatic hydroxyl groups is 2. The van der Waals surface area contributed by atoms with Gasteiger partial charge in [-0.1, -0.05) is 60.1 Å². The fourth-order valence-corrected chi connectivity index (χ4v) is 3.73. The van der Waals surface area contributed by atoms with Crippen molar-refractivity contribution in [3.05, 3.63) is 82.6 Å². The Labute approximate surface area is 178 Å². The number of alkyl carbamates (subject to hydrolysis) is 1. The highest BCUT2D eigenvalue weighted by Crippen LogP contribution is 2.44. The highest BCUT2D eigenvalue weighted by atomic mass is 35.5. The van der Waals surface area contributed by atoms with Crippen LogP contribution in [-0.2, 0) is 4.74 Å². The predicted octanol–water partition coefficient (Wildman–Crippen LogP) is 3.06. The average Bonchev–Trinajstić information content (AvgIpc) is 3.10. The van der Waals surface area contributed by atoms with Crippen molar-refractivity contribution in [2.75, 3.05) is 13.2 Å². The Bertz CT molecular complexity index is 999. The lowest BCUT2D eigenvalue weighted by atomic mass is 9.98. The Morgan fingerprint density at radius 1 is 1.00 bits per heavy atom. The number of carbonyl (C=O) groups is 1. The predicted molar refractivity (Wildman–Crippen MR) is 111 cm³/mol. The van der Waals surface area contributed by atoms with Gasteiger partial charge in [-0.05, 0) is 34.4 Å². The minimum absolute atomic E-state index is 0.0528. The molecule has 0 fully saturated rings. The van der Waals surface area contributed by atoms with Crippen LogP contribution in [0.15, 0.2) is 60.7 Å². The Morgan fingerprint density at radius 3 is 2.23 bits per heavy atom. The van der Waals surface area contributed by atoms with Crippen LogP contribution in [0.2, 0.25) is 5.15 Å². The topological polar surface area (TPSA) is 105 Å². The quantitative estimate of drug-likeness (QED) is 0.560. The van der Waals surface area contributed by atoms with E-state index in [0.29, 0.717) is 0 Å². The maximum Gasteiger partial charge on any atom is 0.407 e. The van der Waals surface area contributed by atoms with E-state index in [1.54, 1.807) is 0 Å². The molecule has 3 N–H and O–H groups in total. The summed E-state index contributed by atoms with van der Waals surface area (Å²) in [6.45, 7) is -0.0384. The van der Waals surface area contributed by atoms with Crippen LogP contribution in [-0.4, -0.2) is 45.8 Å². The second-order valence-corrected chi connectivity index (χ2v) is 7.39. The molecule has 1 aliphatic carbocycles. The second kappa shape index (κ2) is 8.79. The molecule has 0 spiro atoms. The van der Waals surface area contributed by atoms with Gasteiger partial charge in [-0.3, -0.25) is 0 Å². The number of fused-ring (bicyclic) bond motifs is 3. The molecular weight excluding hydrogens is 406 g/mol. The van der Waals surface area contributed by atoms with Gasteiger partial charge in [0.2, 0.25) is 0 Å². The molecule has 2 atom stereocenters. The van der Waals surface area contributed by atoms with E-state index in [4.69, 9.17) is 16.3 Å². The third-order valence-electron chi connectivity index (χ3n) is 5.12. The van der Waals surface area contributed by atoms with Crippen LogP contribution in [0.5, 0.6) is 0 Å². The number of halogens is 1. The van der Waals surface area contributed by atoms with Crippen LogP contribution in [0.3, 0.4) is 0 Å². The monoisotopic (exact) mass is 425 g/mol. The molecule has 4 rings (SSSR count). The summed E-state index contributed by atoms with van der Waals surface area (Å²) in [6, 6.07) is 19.0. The van der Waals surface area contributed by atoms with Gasteiger partial charge in [-0.15, -0.1) is 5.10 Å². The number of benzene rings is 2. The van der Waals surface area contributed by atoms with E-state index in [9.17, 15) is 15.0 Å². The van der Waals surface area contributed by atoms with Crippen LogP contribution in [0.1, 0.15) is 28.8 Å². The van der Waals surface area contributed by atoms with E-state index in [2.05, 4.69) is 27.6 Å². The number of amides is 1. The molecule has 0 saturated carbocycles. The van der Waals surface area contributed by atoms with Crippen molar-refractivity contribution < 1.29 is 19.7 Å². The smallest absolute Gasteiger partial charge is 0.407 e. The number of nitrogens with one attached hydrogen (secondary N) is 1. The minimum atomic E-state index is -1.32. The number of aromatic nitrogens is 2. The van der Waals surface area contributed by atoms with Crippen molar-refractivity contribution in [2.45, 2.75) is 18.1 Å². The molecule has 1 amide bonds. The molecule has 2 unspecified atom stereocenters. The summed E-state index contributed by atoms with van der Waals surface area (Å²) in [5.74, 6) is -0.0528. The average molecular weight is 426 g/mol. The van der Waals surface area contributed by atoms with Gasteiger partial charge in [0.05, 0.1) is 5.69 Å². The molecule has 1 aliphatic rings. The summed E-state index contributed by atoms with van der Waals surface area (Å²) in [5, 5.41) is 30.2. The molecule has 1 aromatic heterocycles. The molecular formula is C22H20ClN3O4. The molecule has 0 saturated heterocycles. The summed E-state index contributed by atoms with van der Waals surface area (Å²) in [4.78, 5) is 12.2. The first kappa shape index (κ1) is 20.3. The zero-order valence-corrected chi connectivity index (χ0v) is 16.7. The Morgan fingerprint density at radius 2 is 1.63 bits per heavy atom. The first-order valence-corrected chi connectivity index (χ1v) is 9.86. The normalized spacial score (nSPS) is 14.5. The molecule has 154 valence electrons. The number of nitrogens with zero attached hydrogens (tertiary/aromatic N) is 2. The van der Waals surface area contributed by atoms with Gasteiger partial charge < -0.3 is 20.3 Å². The van der Waals surface area contributed by atoms with E-state index in [1.807, 2.05) is 36.4 Å². The summed E-state index contributed by atoms with van der Waals surface area (Å²) in [7, 11) is 0. The van der Waals surface area contributed by atoms with E-state index in [0.717, 1.165) is 22.3 Å². The Kier molecular flexibility index (Phi) is 5.94. The fourth-order valence-electron chi connectivity index (χ4n) is 3.63. The number of rotatable bonds is 6. The molecule has 30 heavy (non-hydrogen) atoms. The van der Waals surface area contributed by atoms with Crippen molar-refractivity contribution in [1.29, 1.82) is 0 Å². The third-order valence-corrected chi connectivity index (χ3v) is 5.32. The van der Waals surface area contributed by atoms with Gasteiger partial charge in [0.1, 0.15) is 18.8 Å². The largest absolute Gasteiger partial charge is 0.449 e. The molecule has 0 radical (unpaired) electrons. The van der Waals surface area contributed by atoms with Crippen LogP contribution in [0.25, 0.3) is 11.1 Å².